The third-order valence-corrected chi connectivity index (χ3v) is 5.29. The molecule has 2 heterocycles. The zero-order valence-electron chi connectivity index (χ0n) is 16.4. The maximum Gasteiger partial charge on any atom is 0.338 e. The number of urea groups is 1. The zero-order chi connectivity index (χ0) is 19.9. The van der Waals surface area contributed by atoms with Gasteiger partial charge in [-0.2, -0.15) is 0 Å². The number of nitrogens with one attached hydrogen (secondary N) is 1. The smallest absolute Gasteiger partial charge is 0.338 e. The molecule has 0 aromatic heterocycles. The van der Waals surface area contributed by atoms with Crippen LogP contribution in [-0.2, 0) is 21.5 Å². The summed E-state index contributed by atoms with van der Waals surface area (Å²) in [4.78, 5) is 26.9. The zero-order valence-corrected chi connectivity index (χ0v) is 16.4. The van der Waals surface area contributed by atoms with E-state index in [9.17, 15) is 9.59 Å². The van der Waals surface area contributed by atoms with E-state index in [1.165, 1.54) is 5.56 Å². The first kappa shape index (κ1) is 18.3. The summed E-state index contributed by atoms with van der Waals surface area (Å²) < 4.78 is 5.28. The second-order valence-corrected chi connectivity index (χ2v) is 8.26. The largest absolute Gasteiger partial charge is 0.456 e. The third-order valence-electron chi connectivity index (χ3n) is 5.29. The predicted molar refractivity (Wildman–Crippen MR) is 106 cm³/mol. The van der Waals surface area contributed by atoms with E-state index in [1.54, 1.807) is 4.90 Å². The Hall–Kier alpha value is -3.08. The highest BCUT2D eigenvalue weighted by Gasteiger charge is 2.42. The van der Waals surface area contributed by atoms with Gasteiger partial charge < -0.3 is 10.1 Å². The fourth-order valence-electron chi connectivity index (χ4n) is 3.67. The van der Waals surface area contributed by atoms with Crippen molar-refractivity contribution in [3.8, 4) is 0 Å². The van der Waals surface area contributed by atoms with Crippen molar-refractivity contribution in [1.29, 1.82) is 0 Å². The molecule has 5 heteroatoms. The Labute approximate surface area is 165 Å². The number of hydrogen-bond acceptors (Lipinski definition) is 3. The number of ether oxygens (including phenoxy) is 1. The third kappa shape index (κ3) is 3.28. The van der Waals surface area contributed by atoms with Crippen molar-refractivity contribution in [3.63, 3.8) is 0 Å². The van der Waals surface area contributed by atoms with Crippen LogP contribution in [0.2, 0.25) is 0 Å². The average Bonchev–Trinajstić information content (AvgIpc) is 3.06. The van der Waals surface area contributed by atoms with Crippen LogP contribution >= 0.6 is 0 Å². The minimum Gasteiger partial charge on any atom is -0.456 e. The summed E-state index contributed by atoms with van der Waals surface area (Å²) in [5, 5.41) is 2.97. The standard InChI is InChI=1S/C23H24N2O3/c1-23(2,3)17-11-9-15(10-12-17)13-25-18-14-28-21(26)19(18)20(24-22(25)27)16-7-5-4-6-8-16/h4-12,20H,13-14H2,1-3H3,(H,24,27). The van der Waals surface area contributed by atoms with E-state index in [4.69, 9.17) is 4.74 Å². The van der Waals surface area contributed by atoms with Crippen molar-refractivity contribution in [3.05, 3.63) is 82.6 Å². The molecule has 0 radical (unpaired) electrons. The molecule has 0 saturated carbocycles. The first-order valence-electron chi connectivity index (χ1n) is 9.47. The van der Waals surface area contributed by atoms with E-state index >= 15 is 0 Å². The minimum atomic E-state index is -0.474. The first-order valence-corrected chi connectivity index (χ1v) is 9.47. The number of benzene rings is 2. The van der Waals surface area contributed by atoms with Gasteiger partial charge in [-0.15, -0.1) is 0 Å². The molecule has 2 aromatic carbocycles. The highest BCUT2D eigenvalue weighted by Crippen LogP contribution is 2.35. The SMILES string of the molecule is CC(C)(C)c1ccc(CN2C(=O)NC(c3ccccc3)C3=C2COC3=O)cc1. The van der Waals surface area contributed by atoms with Crippen molar-refractivity contribution in [1.82, 2.24) is 10.2 Å². The Balaban J connectivity index is 1.65. The summed E-state index contributed by atoms with van der Waals surface area (Å²) in [6.07, 6.45) is 0. The van der Waals surface area contributed by atoms with Gasteiger partial charge in [0.2, 0.25) is 0 Å². The van der Waals surface area contributed by atoms with Crippen LogP contribution in [0, 0.1) is 0 Å². The van der Waals surface area contributed by atoms with Crippen molar-refractivity contribution in [2.24, 2.45) is 0 Å². The molecule has 0 spiro atoms. The van der Waals surface area contributed by atoms with Crippen LogP contribution in [0.3, 0.4) is 0 Å². The molecule has 5 nitrogen and oxygen atoms in total. The van der Waals surface area contributed by atoms with Gasteiger partial charge in [-0.25, -0.2) is 9.59 Å². The molecule has 28 heavy (non-hydrogen) atoms. The van der Waals surface area contributed by atoms with Gasteiger partial charge in [0.15, 0.2) is 0 Å². The maximum absolute atomic E-state index is 12.9. The van der Waals surface area contributed by atoms with E-state index in [2.05, 4.69) is 38.2 Å². The predicted octanol–water partition coefficient (Wildman–Crippen LogP) is 4.06. The number of hydrogen-bond donors (Lipinski definition) is 1. The summed E-state index contributed by atoms with van der Waals surface area (Å²) in [5.74, 6) is -0.364. The van der Waals surface area contributed by atoms with Crippen LogP contribution in [0.25, 0.3) is 0 Å². The molecule has 0 aliphatic carbocycles. The fourth-order valence-corrected chi connectivity index (χ4v) is 3.67. The van der Waals surface area contributed by atoms with Crippen LogP contribution in [-0.4, -0.2) is 23.5 Å². The Morgan fingerprint density at radius 3 is 2.36 bits per heavy atom. The Morgan fingerprint density at radius 1 is 1.04 bits per heavy atom. The molecule has 2 aromatic rings. The molecular weight excluding hydrogens is 352 g/mol. The number of cyclic esters (lactones) is 1. The molecule has 144 valence electrons. The van der Waals surface area contributed by atoms with Crippen molar-refractivity contribution < 1.29 is 14.3 Å². The molecular formula is C23H24N2O3. The average molecular weight is 376 g/mol. The lowest BCUT2D eigenvalue weighted by Crippen LogP contribution is -2.46. The Morgan fingerprint density at radius 2 is 1.71 bits per heavy atom. The molecule has 1 N–H and O–H groups in total. The van der Waals surface area contributed by atoms with Gasteiger partial charge in [-0.05, 0) is 22.1 Å². The highest BCUT2D eigenvalue weighted by molar-refractivity contribution is 5.97. The lowest BCUT2D eigenvalue weighted by atomic mass is 9.86. The second-order valence-electron chi connectivity index (χ2n) is 8.26. The van der Waals surface area contributed by atoms with E-state index in [0.717, 1.165) is 11.1 Å². The van der Waals surface area contributed by atoms with Crippen molar-refractivity contribution in [2.45, 2.75) is 38.8 Å². The normalized spacial score (nSPS) is 19.4. The van der Waals surface area contributed by atoms with Crippen LogP contribution in [0.1, 0.15) is 43.5 Å². The lowest BCUT2D eigenvalue weighted by Gasteiger charge is -2.33. The highest BCUT2D eigenvalue weighted by atomic mass is 16.5. The number of amides is 2. The molecule has 0 saturated heterocycles. The molecule has 2 amide bonds. The minimum absolute atomic E-state index is 0.0747. The van der Waals surface area contributed by atoms with Gasteiger partial charge in [-0.3, -0.25) is 4.90 Å². The molecule has 4 rings (SSSR count). The number of esters is 1. The lowest BCUT2D eigenvalue weighted by molar-refractivity contribution is -0.136. The van der Waals surface area contributed by atoms with E-state index in [0.29, 0.717) is 17.8 Å². The molecule has 0 fully saturated rings. The number of carbonyl (C=O) groups excluding carboxylic acids is 2. The van der Waals surface area contributed by atoms with Crippen molar-refractivity contribution >= 4 is 12.0 Å². The Kier molecular flexibility index (Phi) is 4.46. The summed E-state index contributed by atoms with van der Waals surface area (Å²) in [5.41, 5.74) is 4.37. The van der Waals surface area contributed by atoms with Gasteiger partial charge >= 0.3 is 12.0 Å². The number of nitrogens with zero attached hydrogens (tertiary/aromatic N) is 1. The van der Waals surface area contributed by atoms with E-state index < -0.39 is 6.04 Å². The van der Waals surface area contributed by atoms with E-state index in [-0.39, 0.29) is 24.0 Å². The summed E-state index contributed by atoms with van der Waals surface area (Å²) in [6.45, 7) is 7.03. The van der Waals surface area contributed by atoms with E-state index in [1.807, 2.05) is 42.5 Å². The monoisotopic (exact) mass is 376 g/mol. The number of carbonyl (C=O) groups is 2. The van der Waals surface area contributed by atoms with Gasteiger partial charge in [-0.1, -0.05) is 75.4 Å². The van der Waals surface area contributed by atoms with Gasteiger partial charge in [0.1, 0.15) is 6.61 Å². The van der Waals surface area contributed by atoms with Crippen LogP contribution in [0.5, 0.6) is 0 Å². The van der Waals surface area contributed by atoms with Gasteiger partial charge in [0.25, 0.3) is 0 Å². The fraction of sp³-hybridized carbons (Fsp3) is 0.304. The van der Waals surface area contributed by atoms with Crippen LogP contribution < -0.4 is 5.32 Å². The molecule has 1 unspecified atom stereocenters. The van der Waals surface area contributed by atoms with Gasteiger partial charge in [0.05, 0.1) is 23.9 Å². The molecule has 2 aliphatic heterocycles. The summed E-state index contributed by atoms with van der Waals surface area (Å²) >= 11 is 0. The van der Waals surface area contributed by atoms with Gasteiger partial charge in [0, 0.05) is 0 Å². The second kappa shape index (κ2) is 6.82. The van der Waals surface area contributed by atoms with Crippen LogP contribution in [0.15, 0.2) is 65.9 Å². The van der Waals surface area contributed by atoms with Crippen molar-refractivity contribution in [2.75, 3.05) is 6.61 Å². The quantitative estimate of drug-likeness (QED) is 0.822. The summed E-state index contributed by atoms with van der Waals surface area (Å²) in [7, 11) is 0. The molecule has 1 atom stereocenters. The molecule has 0 bridgehead atoms. The van der Waals surface area contributed by atoms with Crippen LogP contribution in [0.4, 0.5) is 4.79 Å². The Bertz CT molecular complexity index is 940. The summed E-state index contributed by atoms with van der Waals surface area (Å²) in [6, 6.07) is 17.1. The molecule has 2 aliphatic rings. The first-order chi connectivity index (χ1) is 13.3. The number of rotatable bonds is 3. The maximum atomic E-state index is 12.9. The topological polar surface area (TPSA) is 58.6 Å².